The maximum Gasteiger partial charge on any atom is 0.490 e. The fourth-order valence-electron chi connectivity index (χ4n) is 2.77. The number of pyridine rings is 1. The molecule has 2 atom stereocenters. The molecule has 0 aliphatic carbocycles. The first kappa shape index (κ1) is 22.3. The van der Waals surface area contributed by atoms with Gasteiger partial charge in [-0.2, -0.15) is 18.3 Å². The Morgan fingerprint density at radius 1 is 1.38 bits per heavy atom. The Bertz CT molecular complexity index is 882. The second-order valence-corrected chi connectivity index (χ2v) is 6.56. The number of rotatable bonds is 0. The maximum atomic E-state index is 14.2. The van der Waals surface area contributed by atoms with Crippen LogP contribution in [0.15, 0.2) is 24.5 Å². The number of carbonyl (C=O) groups excluding carboxylic acids is 1. The minimum absolute atomic E-state index is 0.309. The van der Waals surface area contributed by atoms with Gasteiger partial charge < -0.3 is 10.4 Å². The molecule has 3 heterocycles. The van der Waals surface area contributed by atoms with Crippen molar-refractivity contribution in [2.24, 2.45) is 13.0 Å². The molecule has 0 saturated carbocycles. The third kappa shape index (κ3) is 5.75. The highest BCUT2D eigenvalue weighted by atomic mass is 19.4. The zero-order valence-electron chi connectivity index (χ0n) is 15.7. The van der Waals surface area contributed by atoms with Crippen LogP contribution in [0.3, 0.4) is 0 Å². The number of carbonyl (C=O) groups is 2. The minimum Gasteiger partial charge on any atom is -0.475 e. The average molecular weight is 416 g/mol. The number of aryl methyl sites for hydroxylation is 2. The molecular formula is C18H20F4N4O3. The molecule has 7 nitrogen and oxygen atoms in total. The first-order valence-electron chi connectivity index (χ1n) is 8.73. The van der Waals surface area contributed by atoms with Crippen LogP contribution in [0.25, 0.3) is 11.3 Å². The van der Waals surface area contributed by atoms with Crippen molar-refractivity contribution < 1.29 is 32.3 Å². The van der Waals surface area contributed by atoms with Crippen LogP contribution in [-0.2, 0) is 23.1 Å². The van der Waals surface area contributed by atoms with E-state index in [-0.39, 0.29) is 5.91 Å². The zero-order chi connectivity index (χ0) is 21.8. The van der Waals surface area contributed by atoms with E-state index in [1.807, 2.05) is 19.2 Å². The Balaban J connectivity index is 0.000000370. The molecule has 158 valence electrons. The molecule has 1 aliphatic heterocycles. The van der Waals surface area contributed by atoms with E-state index >= 15 is 0 Å². The summed E-state index contributed by atoms with van der Waals surface area (Å²) in [6.45, 7) is 1.62. The van der Waals surface area contributed by atoms with Crippen molar-refractivity contribution in [1.82, 2.24) is 14.8 Å². The van der Waals surface area contributed by atoms with Crippen LogP contribution in [0.4, 0.5) is 23.2 Å². The number of halogens is 4. The number of carboxylic acids is 1. The summed E-state index contributed by atoms with van der Waals surface area (Å²) in [5.74, 6) is -3.75. The summed E-state index contributed by atoms with van der Waals surface area (Å²) in [5.41, 5.74) is 3.28. The molecule has 2 aromatic rings. The van der Waals surface area contributed by atoms with Crippen molar-refractivity contribution in [1.29, 1.82) is 0 Å². The molecule has 0 radical (unpaired) electrons. The largest absolute Gasteiger partial charge is 0.490 e. The maximum absolute atomic E-state index is 14.2. The quantitative estimate of drug-likeness (QED) is 0.642. The molecule has 29 heavy (non-hydrogen) atoms. The number of aliphatic carboxylic acids is 1. The molecule has 2 aromatic heterocycles. The summed E-state index contributed by atoms with van der Waals surface area (Å²) in [6, 6.07) is 3.87. The summed E-state index contributed by atoms with van der Waals surface area (Å²) in [7, 11) is 1.82. The van der Waals surface area contributed by atoms with Gasteiger partial charge >= 0.3 is 12.1 Å². The number of hydrogen-bond acceptors (Lipinski definition) is 4. The van der Waals surface area contributed by atoms with Gasteiger partial charge in [0.2, 0.25) is 5.91 Å². The number of hydrogen-bond donors (Lipinski definition) is 2. The zero-order valence-corrected chi connectivity index (χ0v) is 15.7. The molecule has 0 aromatic carbocycles. The van der Waals surface area contributed by atoms with E-state index in [0.717, 1.165) is 17.0 Å². The smallest absolute Gasteiger partial charge is 0.475 e. The van der Waals surface area contributed by atoms with E-state index in [1.165, 1.54) is 0 Å². The minimum atomic E-state index is -5.08. The van der Waals surface area contributed by atoms with Gasteiger partial charge in [-0.1, -0.05) is 6.92 Å². The van der Waals surface area contributed by atoms with E-state index in [4.69, 9.17) is 9.90 Å². The monoisotopic (exact) mass is 416 g/mol. The molecule has 0 saturated heterocycles. The molecular weight excluding hydrogens is 396 g/mol. The van der Waals surface area contributed by atoms with Crippen LogP contribution in [0.1, 0.15) is 25.5 Å². The number of amides is 1. The first-order valence-corrected chi connectivity index (χ1v) is 8.73. The van der Waals surface area contributed by atoms with Crippen molar-refractivity contribution >= 4 is 17.6 Å². The van der Waals surface area contributed by atoms with Crippen LogP contribution in [0.5, 0.6) is 0 Å². The lowest BCUT2D eigenvalue weighted by Crippen LogP contribution is -2.28. The van der Waals surface area contributed by atoms with E-state index in [9.17, 15) is 22.4 Å². The second kappa shape index (κ2) is 9.01. The molecule has 11 heteroatoms. The number of alkyl halides is 4. The van der Waals surface area contributed by atoms with Gasteiger partial charge in [0.15, 0.2) is 0 Å². The lowest BCUT2D eigenvalue weighted by atomic mass is 9.98. The lowest BCUT2D eigenvalue weighted by Gasteiger charge is -2.18. The van der Waals surface area contributed by atoms with Crippen molar-refractivity contribution in [2.75, 3.05) is 5.32 Å². The van der Waals surface area contributed by atoms with Gasteiger partial charge in [-0.05, 0) is 31.4 Å². The highest BCUT2D eigenvalue weighted by Crippen LogP contribution is 2.29. The van der Waals surface area contributed by atoms with Gasteiger partial charge in [-0.3, -0.25) is 14.5 Å². The Morgan fingerprint density at radius 2 is 2.03 bits per heavy atom. The highest BCUT2D eigenvalue weighted by molar-refractivity contribution is 5.96. The second-order valence-electron chi connectivity index (χ2n) is 6.56. The molecule has 2 bridgehead atoms. The van der Waals surface area contributed by atoms with Crippen molar-refractivity contribution in [3.8, 4) is 11.3 Å². The van der Waals surface area contributed by atoms with Gasteiger partial charge in [-0.15, -0.1) is 0 Å². The first-order chi connectivity index (χ1) is 13.5. The number of anilines is 1. The van der Waals surface area contributed by atoms with Gasteiger partial charge in [0.05, 0.1) is 23.5 Å². The molecule has 0 spiro atoms. The number of carboxylic acid groups (broad SMARTS) is 1. The predicted molar refractivity (Wildman–Crippen MR) is 95.8 cm³/mol. The van der Waals surface area contributed by atoms with Crippen molar-refractivity contribution in [2.45, 2.75) is 38.5 Å². The Morgan fingerprint density at radius 3 is 2.66 bits per heavy atom. The number of nitrogens with zero attached hydrogens (tertiary/aromatic N) is 3. The standard InChI is InChI=1S/C16H19FN4O.C2HF3O2/c1-10-13(17)5-3-4-12-8-11(6-7-18-12)15-14(20-16(10)22)9-19-21(15)2;3-2(4,5)1(6)7/h6-10,13H,3-5H2,1-2H3,(H,20,22);(H,6,7). The van der Waals surface area contributed by atoms with Crippen molar-refractivity contribution in [3.05, 3.63) is 30.2 Å². The molecule has 1 amide bonds. The summed E-state index contributed by atoms with van der Waals surface area (Å²) in [5, 5.41) is 14.1. The summed E-state index contributed by atoms with van der Waals surface area (Å²) < 4.78 is 47.6. The van der Waals surface area contributed by atoms with E-state index in [2.05, 4.69) is 15.4 Å². The third-order valence-corrected chi connectivity index (χ3v) is 4.40. The fourth-order valence-corrected chi connectivity index (χ4v) is 2.77. The van der Waals surface area contributed by atoms with Crippen LogP contribution in [0.2, 0.25) is 0 Å². The SMILES string of the molecule is CC1C(=O)Nc2cnn(C)c2-c2ccnc(c2)CCCC1F.O=C(O)C(F)(F)F. The topological polar surface area (TPSA) is 97.1 Å². The van der Waals surface area contributed by atoms with Gasteiger partial charge in [-0.25, -0.2) is 9.18 Å². The van der Waals surface area contributed by atoms with Crippen LogP contribution in [0, 0.1) is 5.92 Å². The van der Waals surface area contributed by atoms with E-state index in [1.54, 1.807) is 24.0 Å². The van der Waals surface area contributed by atoms with E-state index in [0.29, 0.717) is 24.9 Å². The van der Waals surface area contributed by atoms with Gasteiger partial charge in [0, 0.05) is 24.5 Å². The fraction of sp³-hybridized carbons (Fsp3) is 0.444. The number of nitrogens with one attached hydrogen (secondary N) is 1. The van der Waals surface area contributed by atoms with Crippen LogP contribution >= 0.6 is 0 Å². The lowest BCUT2D eigenvalue weighted by molar-refractivity contribution is -0.192. The normalized spacial score (nSPS) is 19.6. The van der Waals surface area contributed by atoms with Gasteiger partial charge in [0.25, 0.3) is 0 Å². The molecule has 2 unspecified atom stereocenters. The van der Waals surface area contributed by atoms with E-state index < -0.39 is 24.2 Å². The Kier molecular flexibility index (Phi) is 6.93. The molecule has 1 aliphatic rings. The molecule has 3 rings (SSSR count). The van der Waals surface area contributed by atoms with Crippen LogP contribution < -0.4 is 5.32 Å². The molecule has 2 N–H and O–H groups in total. The third-order valence-electron chi connectivity index (χ3n) is 4.40. The summed E-state index contributed by atoms with van der Waals surface area (Å²) >= 11 is 0. The van der Waals surface area contributed by atoms with Gasteiger partial charge in [0.1, 0.15) is 6.17 Å². The Labute approximate surface area is 163 Å². The average Bonchev–Trinajstić information content (AvgIpc) is 3.00. The molecule has 0 fully saturated rings. The number of fused-ring (bicyclic) bond motifs is 4. The summed E-state index contributed by atoms with van der Waals surface area (Å²) in [6.07, 6.45) is -1.16. The predicted octanol–water partition coefficient (Wildman–Crippen LogP) is 3.36. The van der Waals surface area contributed by atoms with Crippen molar-refractivity contribution in [3.63, 3.8) is 0 Å². The highest BCUT2D eigenvalue weighted by Gasteiger charge is 2.38. The van der Waals surface area contributed by atoms with Crippen LogP contribution in [-0.4, -0.2) is 44.1 Å². The number of aromatic nitrogens is 3. The Hall–Kier alpha value is -2.98. The summed E-state index contributed by atoms with van der Waals surface area (Å²) in [4.78, 5) is 25.5.